The van der Waals surface area contributed by atoms with Crippen molar-refractivity contribution in [1.82, 2.24) is 4.98 Å². The number of pyridine rings is 1. The van der Waals surface area contributed by atoms with Gasteiger partial charge in [0, 0.05) is 10.0 Å². The fraction of sp³-hybridized carbons (Fsp3) is 0.143. The van der Waals surface area contributed by atoms with Crippen molar-refractivity contribution in [3.63, 3.8) is 0 Å². The van der Waals surface area contributed by atoms with Crippen LogP contribution >= 0.6 is 31.9 Å². The van der Waals surface area contributed by atoms with Crippen molar-refractivity contribution >= 4 is 38.1 Å². The van der Waals surface area contributed by atoms with Crippen LogP contribution < -0.4 is 0 Å². The highest BCUT2D eigenvalue weighted by Gasteiger charge is 2.15. The molecule has 0 spiro atoms. The normalized spacial score (nSPS) is 10.5. The van der Waals surface area contributed by atoms with E-state index >= 15 is 0 Å². The number of aldehydes is 1. The average molecular weight is 315 g/mol. The van der Waals surface area contributed by atoms with E-state index in [2.05, 4.69) is 36.8 Å². The first-order valence-electron chi connectivity index (χ1n) is 3.15. The van der Waals surface area contributed by atoms with Crippen molar-refractivity contribution in [2.75, 3.05) is 0 Å². The highest BCUT2D eigenvalue weighted by molar-refractivity contribution is 9.11. The lowest BCUT2D eigenvalue weighted by Gasteiger charge is -2.04. The van der Waals surface area contributed by atoms with Gasteiger partial charge in [0.05, 0.1) is 0 Å². The summed E-state index contributed by atoms with van der Waals surface area (Å²) >= 11 is 5.81. The summed E-state index contributed by atoms with van der Waals surface area (Å²) in [5.74, 6) is 0. The van der Waals surface area contributed by atoms with Crippen LogP contribution in [0.2, 0.25) is 0 Å². The molecule has 0 unspecified atom stereocenters. The molecule has 0 bridgehead atoms. The van der Waals surface area contributed by atoms with Crippen LogP contribution in [0.15, 0.2) is 15.1 Å². The van der Waals surface area contributed by atoms with Gasteiger partial charge < -0.3 is 0 Å². The summed E-state index contributed by atoms with van der Waals surface area (Å²) in [4.78, 5) is 13.9. The van der Waals surface area contributed by atoms with Gasteiger partial charge >= 0.3 is 0 Å². The molecule has 6 heteroatoms. The fourth-order valence-corrected chi connectivity index (χ4v) is 1.64. The number of aromatic nitrogens is 1. The van der Waals surface area contributed by atoms with E-state index in [1.54, 1.807) is 0 Å². The number of hydrogen-bond donors (Lipinski definition) is 0. The molecule has 0 atom stereocenters. The van der Waals surface area contributed by atoms with Crippen molar-refractivity contribution in [2.45, 2.75) is 6.43 Å². The van der Waals surface area contributed by atoms with Gasteiger partial charge in [0.2, 0.25) is 0 Å². The van der Waals surface area contributed by atoms with Gasteiger partial charge in [-0.3, -0.25) is 4.79 Å². The maximum atomic E-state index is 12.2. The first-order valence-corrected chi connectivity index (χ1v) is 4.74. The van der Waals surface area contributed by atoms with E-state index in [9.17, 15) is 13.6 Å². The number of halogens is 4. The maximum absolute atomic E-state index is 12.2. The molecule has 0 aromatic carbocycles. The summed E-state index contributed by atoms with van der Waals surface area (Å²) in [5, 5.41) is 0. The van der Waals surface area contributed by atoms with Gasteiger partial charge in [0.1, 0.15) is 10.3 Å². The quantitative estimate of drug-likeness (QED) is 0.619. The van der Waals surface area contributed by atoms with E-state index in [-0.39, 0.29) is 20.3 Å². The Kier molecular flexibility index (Phi) is 3.49. The zero-order valence-electron chi connectivity index (χ0n) is 6.10. The molecule has 1 heterocycles. The largest absolute Gasteiger partial charge is 0.298 e. The van der Waals surface area contributed by atoms with E-state index in [1.165, 1.54) is 6.07 Å². The van der Waals surface area contributed by atoms with Crippen molar-refractivity contribution in [3.8, 4) is 0 Å². The van der Waals surface area contributed by atoms with E-state index in [1.807, 2.05) is 0 Å². The number of hydrogen-bond acceptors (Lipinski definition) is 2. The second kappa shape index (κ2) is 4.23. The number of alkyl halides is 2. The minimum absolute atomic E-state index is 0.126. The second-order valence-corrected chi connectivity index (χ2v) is 3.76. The SMILES string of the molecule is O=Cc1cc(Br)c(C(F)F)nc1Br. The summed E-state index contributed by atoms with van der Waals surface area (Å²) in [7, 11) is 0. The zero-order chi connectivity index (χ0) is 10.0. The number of carbonyl (C=O) groups excluding carboxylic acids is 1. The Morgan fingerprint density at radius 3 is 2.54 bits per heavy atom. The molecule has 0 N–H and O–H groups in total. The van der Waals surface area contributed by atoms with Crippen LogP contribution in [0.3, 0.4) is 0 Å². The van der Waals surface area contributed by atoms with Gasteiger partial charge in [-0.2, -0.15) is 0 Å². The first-order chi connectivity index (χ1) is 6.06. The van der Waals surface area contributed by atoms with Crippen molar-refractivity contribution in [2.24, 2.45) is 0 Å². The summed E-state index contributed by atoms with van der Waals surface area (Å²) in [6, 6.07) is 1.30. The third-order valence-corrected chi connectivity index (χ3v) is 2.59. The molecule has 13 heavy (non-hydrogen) atoms. The van der Waals surface area contributed by atoms with Gasteiger partial charge in [-0.25, -0.2) is 13.8 Å². The molecule has 70 valence electrons. The second-order valence-electron chi connectivity index (χ2n) is 2.15. The van der Waals surface area contributed by atoms with Crippen LogP contribution in [-0.2, 0) is 0 Å². The molecule has 0 aliphatic heterocycles. The summed E-state index contributed by atoms with van der Waals surface area (Å²) in [6.45, 7) is 0. The molecule has 1 rings (SSSR count). The molecule has 1 aromatic rings. The van der Waals surface area contributed by atoms with Crippen molar-refractivity contribution in [1.29, 1.82) is 0 Å². The van der Waals surface area contributed by atoms with Crippen molar-refractivity contribution < 1.29 is 13.6 Å². The third kappa shape index (κ3) is 2.31. The van der Waals surface area contributed by atoms with Gasteiger partial charge in [-0.05, 0) is 37.9 Å². The molecule has 0 saturated carbocycles. The molecule has 0 saturated heterocycles. The molecule has 0 aliphatic carbocycles. The summed E-state index contributed by atoms with van der Waals surface area (Å²) in [5.41, 5.74) is -0.145. The van der Waals surface area contributed by atoms with E-state index < -0.39 is 6.43 Å². The molecular weight excluding hydrogens is 312 g/mol. The first kappa shape index (κ1) is 10.7. The minimum Gasteiger partial charge on any atom is -0.298 e. The Balaban J connectivity index is 3.28. The summed E-state index contributed by atoms with van der Waals surface area (Å²) < 4.78 is 24.7. The van der Waals surface area contributed by atoms with Gasteiger partial charge in [-0.15, -0.1) is 0 Å². The fourth-order valence-electron chi connectivity index (χ4n) is 0.729. The zero-order valence-corrected chi connectivity index (χ0v) is 9.27. The predicted octanol–water partition coefficient (Wildman–Crippen LogP) is 3.36. The third-order valence-electron chi connectivity index (χ3n) is 1.32. The van der Waals surface area contributed by atoms with E-state index in [0.717, 1.165) is 0 Å². The van der Waals surface area contributed by atoms with Crippen molar-refractivity contribution in [3.05, 3.63) is 26.4 Å². The van der Waals surface area contributed by atoms with Crippen LogP contribution in [0.4, 0.5) is 8.78 Å². The molecule has 1 aromatic heterocycles. The van der Waals surface area contributed by atoms with Crippen LogP contribution in [-0.4, -0.2) is 11.3 Å². The average Bonchev–Trinajstić information content (AvgIpc) is 2.07. The molecule has 0 radical (unpaired) electrons. The van der Waals surface area contributed by atoms with E-state index in [4.69, 9.17) is 0 Å². The number of rotatable bonds is 2. The topological polar surface area (TPSA) is 30.0 Å². The standard InChI is InChI=1S/C7H3Br2F2NO/c8-4-1-3(2-13)6(9)12-5(4)7(10)11/h1-2,7H. The minimum atomic E-state index is -2.66. The monoisotopic (exact) mass is 313 g/mol. The van der Waals surface area contributed by atoms with Crippen LogP contribution in [0.25, 0.3) is 0 Å². The Labute approximate surface area is 89.6 Å². The lowest BCUT2D eigenvalue weighted by atomic mass is 10.3. The van der Waals surface area contributed by atoms with Gasteiger partial charge in [0.15, 0.2) is 6.29 Å². The van der Waals surface area contributed by atoms with E-state index in [0.29, 0.717) is 6.29 Å². The molecule has 0 aliphatic rings. The Morgan fingerprint density at radius 2 is 2.08 bits per heavy atom. The summed E-state index contributed by atoms with van der Waals surface area (Å²) in [6.07, 6.45) is -2.12. The highest BCUT2D eigenvalue weighted by Crippen LogP contribution is 2.28. The predicted molar refractivity (Wildman–Crippen MR) is 50.0 cm³/mol. The molecular formula is C7H3Br2F2NO. The number of nitrogens with zero attached hydrogens (tertiary/aromatic N) is 1. The van der Waals surface area contributed by atoms with Crippen LogP contribution in [0.1, 0.15) is 22.5 Å². The molecule has 0 amide bonds. The molecule has 0 fully saturated rings. The van der Waals surface area contributed by atoms with Gasteiger partial charge in [-0.1, -0.05) is 0 Å². The lowest BCUT2D eigenvalue weighted by Crippen LogP contribution is -1.96. The molecule has 2 nitrogen and oxygen atoms in total. The Hall–Kier alpha value is -0.360. The maximum Gasteiger partial charge on any atom is 0.281 e. The Bertz CT molecular complexity index is 344. The number of carbonyl (C=O) groups is 1. The van der Waals surface area contributed by atoms with Crippen LogP contribution in [0.5, 0.6) is 0 Å². The highest BCUT2D eigenvalue weighted by atomic mass is 79.9. The Morgan fingerprint density at radius 1 is 1.46 bits per heavy atom. The van der Waals surface area contributed by atoms with Gasteiger partial charge in [0.25, 0.3) is 6.43 Å². The van der Waals surface area contributed by atoms with Crippen LogP contribution in [0, 0.1) is 0 Å². The lowest BCUT2D eigenvalue weighted by molar-refractivity contribution is 0.112. The smallest absolute Gasteiger partial charge is 0.281 e.